The predicted molar refractivity (Wildman–Crippen MR) is 76.7 cm³/mol. The molecule has 1 fully saturated rings. The molecule has 1 amide bonds. The van der Waals surface area contributed by atoms with Gasteiger partial charge in [0, 0.05) is 12.1 Å². The minimum absolute atomic E-state index is 0.230. The first-order valence-corrected chi connectivity index (χ1v) is 6.88. The van der Waals surface area contributed by atoms with Gasteiger partial charge in [-0.05, 0) is 32.9 Å². The first-order chi connectivity index (χ1) is 9.89. The Morgan fingerprint density at radius 1 is 1.14 bits per heavy atom. The van der Waals surface area contributed by atoms with Crippen molar-refractivity contribution in [1.82, 2.24) is 4.90 Å². The highest BCUT2D eigenvalue weighted by molar-refractivity contribution is 6.06. The number of benzene rings is 1. The second kappa shape index (κ2) is 5.77. The topological polar surface area (TPSA) is 63.7 Å². The van der Waals surface area contributed by atoms with Gasteiger partial charge in [-0.15, -0.1) is 0 Å². The highest BCUT2D eigenvalue weighted by Crippen LogP contribution is 2.33. The summed E-state index contributed by atoms with van der Waals surface area (Å²) < 4.78 is 5.56. The number of hydrogen-bond acceptors (Lipinski definition) is 4. The number of ether oxygens (including phenoxy) is 1. The zero-order chi connectivity index (χ0) is 15.6. The summed E-state index contributed by atoms with van der Waals surface area (Å²) >= 11 is 0. The molecule has 21 heavy (non-hydrogen) atoms. The Bertz CT molecular complexity index is 553. The Hall–Kier alpha value is -2.01. The van der Waals surface area contributed by atoms with Crippen molar-refractivity contribution in [3.63, 3.8) is 0 Å². The fraction of sp³-hybridized carbons (Fsp3) is 0.438. The molecule has 1 saturated heterocycles. The maximum absolute atomic E-state index is 12.6. The van der Waals surface area contributed by atoms with Crippen LogP contribution >= 0.6 is 0 Å². The van der Waals surface area contributed by atoms with Crippen molar-refractivity contribution in [1.29, 1.82) is 0 Å². The second-order valence-corrected chi connectivity index (χ2v) is 5.40. The van der Waals surface area contributed by atoms with E-state index in [4.69, 9.17) is 4.74 Å². The largest absolute Gasteiger partial charge is 0.355 e. The van der Waals surface area contributed by atoms with Crippen molar-refractivity contribution in [3.8, 4) is 0 Å². The van der Waals surface area contributed by atoms with E-state index in [9.17, 15) is 14.4 Å². The summed E-state index contributed by atoms with van der Waals surface area (Å²) in [5, 5.41) is 0. The third-order valence-electron chi connectivity index (χ3n) is 4.13. The molecule has 1 aromatic carbocycles. The van der Waals surface area contributed by atoms with Gasteiger partial charge in [0.15, 0.2) is 6.23 Å². The first-order valence-electron chi connectivity index (χ1n) is 6.88. The van der Waals surface area contributed by atoms with Crippen LogP contribution in [0.3, 0.4) is 0 Å². The molecule has 1 heterocycles. The van der Waals surface area contributed by atoms with Crippen LogP contribution < -0.4 is 0 Å². The molecule has 1 aromatic rings. The van der Waals surface area contributed by atoms with Gasteiger partial charge in [-0.1, -0.05) is 18.2 Å². The molecule has 0 spiro atoms. The number of carbonyl (C=O) groups is 3. The Balaban J connectivity index is 2.35. The Morgan fingerprint density at radius 3 is 2.24 bits per heavy atom. The SMILES string of the molecule is CC(=O)C(C)(C(C)=O)C1OCCN1C(=O)c1ccccc1. The Labute approximate surface area is 123 Å². The first kappa shape index (κ1) is 15.4. The van der Waals surface area contributed by atoms with E-state index < -0.39 is 11.6 Å². The number of rotatable bonds is 4. The smallest absolute Gasteiger partial charge is 0.256 e. The van der Waals surface area contributed by atoms with E-state index in [1.807, 2.05) is 6.07 Å². The van der Waals surface area contributed by atoms with Crippen LogP contribution in [0.15, 0.2) is 30.3 Å². The predicted octanol–water partition coefficient (Wildman–Crippen LogP) is 1.67. The van der Waals surface area contributed by atoms with Gasteiger partial charge in [-0.2, -0.15) is 0 Å². The number of amides is 1. The molecular formula is C16H19NO4. The molecule has 0 N–H and O–H groups in total. The van der Waals surface area contributed by atoms with Gasteiger partial charge in [0.05, 0.1) is 6.61 Å². The fourth-order valence-corrected chi connectivity index (χ4v) is 2.50. The average Bonchev–Trinajstić information content (AvgIpc) is 2.95. The number of carbonyl (C=O) groups excluding carboxylic acids is 3. The quantitative estimate of drug-likeness (QED) is 0.791. The monoisotopic (exact) mass is 289 g/mol. The van der Waals surface area contributed by atoms with E-state index in [1.54, 1.807) is 31.2 Å². The Morgan fingerprint density at radius 2 is 1.71 bits per heavy atom. The van der Waals surface area contributed by atoms with Crippen molar-refractivity contribution in [2.75, 3.05) is 13.2 Å². The van der Waals surface area contributed by atoms with Crippen LogP contribution in [0.1, 0.15) is 31.1 Å². The maximum atomic E-state index is 12.6. The highest BCUT2D eigenvalue weighted by atomic mass is 16.5. The third-order valence-corrected chi connectivity index (χ3v) is 4.13. The number of Topliss-reactive ketones (excluding diaryl/α,β-unsaturated/α-hetero) is 2. The molecule has 0 saturated carbocycles. The lowest BCUT2D eigenvalue weighted by Gasteiger charge is -2.35. The van der Waals surface area contributed by atoms with Crippen LogP contribution in [0.25, 0.3) is 0 Å². The zero-order valence-electron chi connectivity index (χ0n) is 12.5. The number of hydrogen-bond donors (Lipinski definition) is 0. The molecule has 0 aromatic heterocycles. The van der Waals surface area contributed by atoms with Gasteiger partial charge in [0.25, 0.3) is 5.91 Å². The van der Waals surface area contributed by atoms with Gasteiger partial charge in [-0.25, -0.2) is 0 Å². The average molecular weight is 289 g/mol. The minimum Gasteiger partial charge on any atom is -0.355 e. The van der Waals surface area contributed by atoms with Crippen LogP contribution in [0.5, 0.6) is 0 Å². The molecule has 1 aliphatic rings. The summed E-state index contributed by atoms with van der Waals surface area (Å²) in [6, 6.07) is 8.78. The number of nitrogens with zero attached hydrogens (tertiary/aromatic N) is 1. The van der Waals surface area contributed by atoms with Crippen LogP contribution in [0.4, 0.5) is 0 Å². The second-order valence-electron chi connectivity index (χ2n) is 5.40. The molecule has 112 valence electrons. The van der Waals surface area contributed by atoms with Crippen molar-refractivity contribution >= 4 is 17.5 Å². The molecule has 1 aliphatic heterocycles. The highest BCUT2D eigenvalue weighted by Gasteiger charge is 2.50. The summed E-state index contributed by atoms with van der Waals surface area (Å²) in [5.41, 5.74) is -0.816. The van der Waals surface area contributed by atoms with Gasteiger partial charge in [0.2, 0.25) is 0 Å². The van der Waals surface area contributed by atoms with E-state index in [2.05, 4.69) is 0 Å². The van der Waals surface area contributed by atoms with Crippen LogP contribution in [0.2, 0.25) is 0 Å². The normalized spacial score (nSPS) is 18.6. The molecule has 5 heteroatoms. The van der Waals surface area contributed by atoms with Crippen molar-refractivity contribution < 1.29 is 19.1 Å². The van der Waals surface area contributed by atoms with Crippen LogP contribution in [-0.2, 0) is 14.3 Å². The third kappa shape index (κ3) is 2.61. The van der Waals surface area contributed by atoms with E-state index in [0.29, 0.717) is 18.7 Å². The summed E-state index contributed by atoms with van der Waals surface area (Å²) in [6.07, 6.45) is -0.847. The summed E-state index contributed by atoms with van der Waals surface area (Å²) in [4.78, 5) is 38.0. The van der Waals surface area contributed by atoms with E-state index in [1.165, 1.54) is 18.7 Å². The van der Waals surface area contributed by atoms with Gasteiger partial charge >= 0.3 is 0 Å². The van der Waals surface area contributed by atoms with E-state index in [0.717, 1.165) is 0 Å². The van der Waals surface area contributed by atoms with Gasteiger partial charge in [0.1, 0.15) is 17.0 Å². The maximum Gasteiger partial charge on any atom is 0.256 e. The lowest BCUT2D eigenvalue weighted by molar-refractivity contribution is -0.150. The van der Waals surface area contributed by atoms with E-state index >= 15 is 0 Å². The molecule has 2 rings (SSSR count). The van der Waals surface area contributed by atoms with Crippen molar-refractivity contribution in [2.45, 2.75) is 27.0 Å². The molecule has 5 nitrogen and oxygen atoms in total. The zero-order valence-corrected chi connectivity index (χ0v) is 12.5. The van der Waals surface area contributed by atoms with Crippen LogP contribution in [0, 0.1) is 5.41 Å². The lowest BCUT2D eigenvalue weighted by atomic mass is 9.80. The Kier molecular flexibility index (Phi) is 4.23. The molecule has 0 aliphatic carbocycles. The number of ketones is 2. The van der Waals surface area contributed by atoms with Crippen molar-refractivity contribution in [2.24, 2.45) is 5.41 Å². The molecule has 0 bridgehead atoms. The summed E-state index contributed by atoms with van der Waals surface area (Å²) in [6.45, 7) is 4.94. The molecular weight excluding hydrogens is 270 g/mol. The molecule has 1 atom stereocenters. The minimum atomic E-state index is -1.33. The standard InChI is InChI=1S/C16H19NO4/c1-11(18)16(3,12(2)19)15-17(9-10-21-15)14(20)13-7-5-4-6-8-13/h4-8,15H,9-10H2,1-3H3. The van der Waals surface area contributed by atoms with Gasteiger partial charge < -0.3 is 9.64 Å². The van der Waals surface area contributed by atoms with E-state index in [-0.39, 0.29) is 17.5 Å². The summed E-state index contributed by atoms with van der Waals surface area (Å²) in [5.74, 6) is -0.827. The molecule has 0 radical (unpaired) electrons. The van der Waals surface area contributed by atoms with Crippen LogP contribution in [-0.4, -0.2) is 41.8 Å². The fourth-order valence-electron chi connectivity index (χ4n) is 2.50. The lowest BCUT2D eigenvalue weighted by Crippen LogP contribution is -2.53. The van der Waals surface area contributed by atoms with Crippen molar-refractivity contribution in [3.05, 3.63) is 35.9 Å². The molecule has 1 unspecified atom stereocenters. The summed E-state index contributed by atoms with van der Waals surface area (Å²) in [7, 11) is 0. The van der Waals surface area contributed by atoms with Gasteiger partial charge in [-0.3, -0.25) is 14.4 Å².